The van der Waals surface area contributed by atoms with Gasteiger partial charge < -0.3 is 24.5 Å². The number of amides is 1. The van der Waals surface area contributed by atoms with Crippen LogP contribution in [-0.2, 0) is 14.3 Å². The first kappa shape index (κ1) is 25.7. The second kappa shape index (κ2) is 12.0. The molecule has 9 heteroatoms. The van der Waals surface area contributed by atoms with E-state index >= 15 is 0 Å². The number of nitriles is 1. The monoisotopic (exact) mass is 515 g/mol. The number of allylic oxidation sites excluding steroid dienone is 1. The third-order valence-electron chi connectivity index (χ3n) is 5.56. The van der Waals surface area contributed by atoms with Gasteiger partial charge in [0, 0.05) is 5.69 Å². The Morgan fingerprint density at radius 1 is 1.11 bits per heavy atom. The summed E-state index contributed by atoms with van der Waals surface area (Å²) in [6.07, 6.45) is 1.49. The molecule has 0 spiro atoms. The molecule has 2 heterocycles. The molecule has 1 amide bonds. The fourth-order valence-electron chi connectivity index (χ4n) is 3.91. The van der Waals surface area contributed by atoms with Crippen LogP contribution in [0.3, 0.4) is 0 Å². The predicted octanol–water partition coefficient (Wildman–Crippen LogP) is 5.06. The molecule has 1 aliphatic heterocycles. The summed E-state index contributed by atoms with van der Waals surface area (Å²) >= 11 is 1.17. The summed E-state index contributed by atoms with van der Waals surface area (Å²) in [6.45, 7) is 1.90. The molecule has 2 N–H and O–H groups in total. The average Bonchev–Trinajstić information content (AvgIpc) is 3.47. The molecule has 0 bridgehead atoms. The van der Waals surface area contributed by atoms with Gasteiger partial charge in [-0.05, 0) is 48.9 Å². The number of furan rings is 1. The van der Waals surface area contributed by atoms with Gasteiger partial charge in [-0.15, -0.1) is 0 Å². The van der Waals surface area contributed by atoms with Crippen LogP contribution in [0.2, 0.25) is 0 Å². The Morgan fingerprint density at radius 2 is 1.86 bits per heavy atom. The number of rotatable bonds is 9. The molecule has 0 unspecified atom stereocenters. The van der Waals surface area contributed by atoms with Crippen molar-refractivity contribution in [3.05, 3.63) is 100 Å². The van der Waals surface area contributed by atoms with E-state index in [4.69, 9.17) is 13.9 Å². The van der Waals surface area contributed by atoms with Gasteiger partial charge in [-0.3, -0.25) is 4.79 Å². The summed E-state index contributed by atoms with van der Waals surface area (Å²) in [5.74, 6) is -0.467. The van der Waals surface area contributed by atoms with Crippen molar-refractivity contribution < 1.29 is 23.5 Å². The average molecular weight is 516 g/mol. The lowest BCUT2D eigenvalue weighted by Crippen LogP contribution is -2.29. The third kappa shape index (κ3) is 5.88. The lowest BCUT2D eigenvalue weighted by Gasteiger charge is -2.29. The van der Waals surface area contributed by atoms with Crippen LogP contribution in [0, 0.1) is 11.3 Å². The molecule has 188 valence electrons. The maximum Gasteiger partial charge on any atom is 0.337 e. The Labute approximate surface area is 218 Å². The van der Waals surface area contributed by atoms with E-state index in [-0.39, 0.29) is 29.4 Å². The number of anilines is 1. The number of ether oxygens (including phenoxy) is 2. The molecule has 1 aromatic heterocycles. The highest BCUT2D eigenvalue weighted by molar-refractivity contribution is 8.03. The van der Waals surface area contributed by atoms with Crippen molar-refractivity contribution >= 4 is 35.0 Å². The number of methoxy groups -OCH3 is 1. The second-order valence-corrected chi connectivity index (χ2v) is 8.85. The van der Waals surface area contributed by atoms with E-state index in [1.54, 1.807) is 50.4 Å². The summed E-state index contributed by atoms with van der Waals surface area (Å²) in [4.78, 5) is 25.9. The maximum atomic E-state index is 13.2. The number of carbonyl (C=O) groups excluding carboxylic acids is 2. The van der Waals surface area contributed by atoms with Crippen LogP contribution in [0.1, 0.15) is 24.2 Å². The summed E-state index contributed by atoms with van der Waals surface area (Å²) in [7, 11) is 1.57. The lowest BCUT2D eigenvalue weighted by atomic mass is 9.84. The normalized spacial score (nSPS) is 15.0. The van der Waals surface area contributed by atoms with Crippen LogP contribution in [-0.4, -0.2) is 31.3 Å². The molecule has 1 aliphatic rings. The van der Waals surface area contributed by atoms with Gasteiger partial charge in [0.05, 0.1) is 59.6 Å². The molecular weight excluding hydrogens is 490 g/mol. The summed E-state index contributed by atoms with van der Waals surface area (Å²) in [6, 6.07) is 21.9. The molecule has 1 atom stereocenters. The van der Waals surface area contributed by atoms with Crippen molar-refractivity contribution in [1.82, 2.24) is 5.32 Å². The minimum absolute atomic E-state index is 0.0290. The smallest absolute Gasteiger partial charge is 0.337 e. The van der Waals surface area contributed by atoms with E-state index in [1.165, 1.54) is 18.0 Å². The summed E-state index contributed by atoms with van der Waals surface area (Å²) in [5.41, 5.74) is 2.39. The Morgan fingerprint density at radius 3 is 2.49 bits per heavy atom. The van der Waals surface area contributed by atoms with Gasteiger partial charge in [-0.1, -0.05) is 42.1 Å². The zero-order valence-corrected chi connectivity index (χ0v) is 21.1. The van der Waals surface area contributed by atoms with E-state index < -0.39 is 11.9 Å². The van der Waals surface area contributed by atoms with Crippen molar-refractivity contribution in [2.75, 3.05) is 24.8 Å². The number of hydrogen-bond donors (Lipinski definition) is 2. The van der Waals surface area contributed by atoms with E-state index in [2.05, 4.69) is 16.7 Å². The van der Waals surface area contributed by atoms with Gasteiger partial charge in [0.2, 0.25) is 5.91 Å². The number of nitrogens with one attached hydrogen (secondary N) is 2. The highest BCUT2D eigenvalue weighted by Gasteiger charge is 2.38. The number of benzene rings is 2. The molecule has 8 nitrogen and oxygen atoms in total. The largest absolute Gasteiger partial charge is 0.497 e. The van der Waals surface area contributed by atoms with Gasteiger partial charge in [-0.2, -0.15) is 5.26 Å². The minimum atomic E-state index is -0.803. The first-order valence-corrected chi connectivity index (χ1v) is 12.5. The van der Waals surface area contributed by atoms with Crippen molar-refractivity contribution in [2.45, 2.75) is 12.8 Å². The van der Waals surface area contributed by atoms with Gasteiger partial charge in [0.25, 0.3) is 0 Å². The van der Waals surface area contributed by atoms with Crippen molar-refractivity contribution in [3.8, 4) is 11.8 Å². The molecule has 0 saturated heterocycles. The Bertz CT molecular complexity index is 1360. The Balaban J connectivity index is 1.68. The fourth-order valence-corrected chi connectivity index (χ4v) is 4.75. The summed E-state index contributed by atoms with van der Waals surface area (Å²) < 4.78 is 16.2. The molecule has 4 rings (SSSR count). The van der Waals surface area contributed by atoms with E-state index in [0.29, 0.717) is 27.9 Å². The van der Waals surface area contributed by atoms with Crippen LogP contribution in [0.5, 0.6) is 5.75 Å². The first-order valence-electron chi connectivity index (χ1n) is 11.5. The number of dihydropyridines is 1. The van der Waals surface area contributed by atoms with E-state index in [9.17, 15) is 14.9 Å². The SMILES string of the molecule is CCOC(=O)C1=C(c2ccccc2)NC(SCC(=O)Nc2ccc(OC)cc2)=C(C#N)[C@H]1c1ccco1. The third-order valence-corrected chi connectivity index (χ3v) is 6.57. The first-order chi connectivity index (χ1) is 18.0. The fraction of sp³-hybridized carbons (Fsp3) is 0.179. The number of hydrogen-bond acceptors (Lipinski definition) is 8. The van der Waals surface area contributed by atoms with Gasteiger partial charge in [0.1, 0.15) is 11.5 Å². The molecule has 37 heavy (non-hydrogen) atoms. The standard InChI is InChI=1S/C28H25N3O5S/c1-3-35-28(33)25-24(22-10-7-15-36-22)21(16-29)27(31-26(25)18-8-5-4-6-9-18)37-17-23(32)30-19-11-13-20(34-2)14-12-19/h4-15,24,31H,3,17H2,1-2H3,(H,30,32)/t24-/m0/s1. The zero-order chi connectivity index (χ0) is 26.2. The van der Waals surface area contributed by atoms with E-state index in [0.717, 1.165) is 5.56 Å². The van der Waals surface area contributed by atoms with Crippen LogP contribution < -0.4 is 15.4 Å². The zero-order valence-electron chi connectivity index (χ0n) is 20.3. The quantitative estimate of drug-likeness (QED) is 0.380. The van der Waals surface area contributed by atoms with Crippen LogP contribution in [0.15, 0.2) is 93.6 Å². The topological polar surface area (TPSA) is 114 Å². The number of nitrogens with zero attached hydrogens (tertiary/aromatic N) is 1. The Kier molecular flexibility index (Phi) is 8.33. The number of esters is 1. The van der Waals surface area contributed by atoms with Gasteiger partial charge >= 0.3 is 5.97 Å². The molecule has 0 aliphatic carbocycles. The van der Waals surface area contributed by atoms with Gasteiger partial charge in [0.15, 0.2) is 0 Å². The van der Waals surface area contributed by atoms with Crippen LogP contribution in [0.4, 0.5) is 5.69 Å². The molecule has 0 fully saturated rings. The highest BCUT2D eigenvalue weighted by atomic mass is 32.2. The Hall–Kier alpha value is -4.42. The maximum absolute atomic E-state index is 13.2. The minimum Gasteiger partial charge on any atom is -0.497 e. The molecule has 0 saturated carbocycles. The summed E-state index contributed by atoms with van der Waals surface area (Å²) in [5, 5.41) is 16.7. The van der Waals surface area contributed by atoms with Crippen LogP contribution in [0.25, 0.3) is 5.70 Å². The van der Waals surface area contributed by atoms with Crippen molar-refractivity contribution in [3.63, 3.8) is 0 Å². The molecular formula is C28H25N3O5S. The number of carbonyl (C=O) groups is 2. The highest BCUT2D eigenvalue weighted by Crippen LogP contribution is 2.43. The molecule has 2 aromatic carbocycles. The van der Waals surface area contributed by atoms with E-state index in [1.807, 2.05) is 30.3 Å². The predicted molar refractivity (Wildman–Crippen MR) is 141 cm³/mol. The second-order valence-electron chi connectivity index (χ2n) is 7.87. The number of thioether (sulfide) groups is 1. The molecule has 0 radical (unpaired) electrons. The molecule has 3 aromatic rings. The van der Waals surface area contributed by atoms with Crippen molar-refractivity contribution in [1.29, 1.82) is 5.26 Å². The van der Waals surface area contributed by atoms with Crippen molar-refractivity contribution in [2.24, 2.45) is 0 Å². The lowest BCUT2D eigenvalue weighted by molar-refractivity contribution is -0.138. The van der Waals surface area contributed by atoms with Gasteiger partial charge in [-0.25, -0.2) is 4.79 Å². The van der Waals surface area contributed by atoms with Crippen LogP contribution >= 0.6 is 11.8 Å².